The summed E-state index contributed by atoms with van der Waals surface area (Å²) in [5, 5.41) is 0. The normalized spacial score (nSPS) is 7.50. The molecule has 0 aliphatic heterocycles. The van der Waals surface area contributed by atoms with E-state index in [4.69, 9.17) is 4.80 Å². The molecule has 1 nitrogen and oxygen atoms in total. The van der Waals surface area contributed by atoms with E-state index in [0.29, 0.717) is 0 Å². The van der Waals surface area contributed by atoms with Crippen LogP contribution >= 0.6 is 0 Å². The fourth-order valence-corrected chi connectivity index (χ4v) is 0. The Morgan fingerprint density at radius 2 is 1.00 bits per heavy atom. The van der Waals surface area contributed by atoms with Crippen LogP contribution in [0.5, 0.6) is 0 Å². The van der Waals surface area contributed by atoms with Crippen LogP contribution in [0.15, 0.2) is 0 Å². The van der Waals surface area contributed by atoms with Gasteiger partial charge in [0.15, 0.2) is 8.32 Å². The molecule has 8 heavy (non-hydrogen) atoms. The van der Waals surface area contributed by atoms with Gasteiger partial charge in [-0.2, -0.15) is 0 Å². The molecule has 0 unspecified atom stereocenters. The van der Waals surface area contributed by atoms with Crippen LogP contribution in [-0.4, -0.2) is 13.1 Å². The molecule has 1 radical (unpaired) electrons. The maximum atomic E-state index is 8.66. The molecule has 0 spiro atoms. The van der Waals surface area contributed by atoms with Crippen molar-refractivity contribution in [2.45, 2.75) is 19.6 Å². The van der Waals surface area contributed by atoms with Crippen molar-refractivity contribution in [1.82, 2.24) is 0 Å². The average Bonchev–Trinajstić information content (AvgIpc) is 0.722. The van der Waals surface area contributed by atoms with Crippen LogP contribution in [-0.2, 0) is 22.4 Å². The van der Waals surface area contributed by atoms with Gasteiger partial charge in [-0.3, -0.25) is 0 Å². The first-order chi connectivity index (χ1) is 2.00. The van der Waals surface area contributed by atoms with Gasteiger partial charge in [-0.05, 0) is 19.6 Å². The van der Waals surface area contributed by atoms with Crippen molar-refractivity contribution in [3.63, 3.8) is 0 Å². The third kappa shape index (κ3) is 288. The topological polar surface area (TPSA) is 20.2 Å². The molecule has 0 aliphatic carbocycles. The minimum atomic E-state index is -1.61. The van der Waals surface area contributed by atoms with Gasteiger partial charge in [0.25, 0.3) is 0 Å². The molecule has 0 aromatic rings. The van der Waals surface area contributed by atoms with Crippen LogP contribution in [0.3, 0.4) is 0 Å². The quantitative estimate of drug-likeness (QED) is 0.533. The Bertz CT molecular complexity index is 27.9. The minimum absolute atomic E-state index is 0. The van der Waals surface area contributed by atoms with Crippen molar-refractivity contribution in [1.29, 1.82) is 0 Å². The predicted molar refractivity (Wildman–Crippen MR) is 38.4 cm³/mol. The van der Waals surface area contributed by atoms with Gasteiger partial charge in [-0.15, -0.1) is 0 Å². The van der Waals surface area contributed by atoms with E-state index in [9.17, 15) is 0 Å². The van der Waals surface area contributed by atoms with Crippen molar-refractivity contribution in [3.8, 4) is 0 Å². The molecule has 0 aromatic carbocycles. The van der Waals surface area contributed by atoms with E-state index in [-0.39, 0.29) is 37.2 Å². The summed E-state index contributed by atoms with van der Waals surface area (Å²) in [6.07, 6.45) is 0. The zero-order chi connectivity index (χ0) is 4.50. The zero-order valence-corrected chi connectivity index (χ0v) is 9.42. The summed E-state index contributed by atoms with van der Waals surface area (Å²) in [7, 11) is -1.61. The molecule has 0 rings (SSSR count). The van der Waals surface area contributed by atoms with E-state index in [1.807, 2.05) is 19.6 Å². The summed E-state index contributed by atoms with van der Waals surface area (Å²) in [6.45, 7) is 5.65. The molecule has 0 amide bonds. The zero-order valence-electron chi connectivity index (χ0n) is 6.25. The van der Waals surface area contributed by atoms with Gasteiger partial charge in [-0.25, -0.2) is 0 Å². The van der Waals surface area contributed by atoms with Crippen LogP contribution in [0.25, 0.3) is 0 Å². The minimum Gasteiger partial charge on any atom is -0.433 e. The van der Waals surface area contributed by atoms with Crippen molar-refractivity contribution >= 4 is 8.32 Å². The number of hydrogen-bond acceptors (Lipinski definition) is 1. The summed E-state index contributed by atoms with van der Waals surface area (Å²) >= 11 is 0. The summed E-state index contributed by atoms with van der Waals surface area (Å²) < 4.78 is 0. The Morgan fingerprint density at radius 1 is 1.00 bits per heavy atom. The summed E-state index contributed by atoms with van der Waals surface area (Å²) in [5.41, 5.74) is 0. The SMILES string of the molecule is C[Si](C)(C)O.[Au].[CH3-].[CH3-]. The second-order valence-electron chi connectivity index (χ2n) is 2.17. The van der Waals surface area contributed by atoms with E-state index in [1.54, 1.807) is 0 Å². The maximum Gasteiger partial charge on any atom is 0.179 e. The first-order valence-corrected chi connectivity index (χ1v) is 5.17. The van der Waals surface area contributed by atoms with Crippen molar-refractivity contribution in [2.24, 2.45) is 0 Å². The number of hydrogen-bond donors (Lipinski definition) is 1. The average molecular weight is 317 g/mol. The van der Waals surface area contributed by atoms with Gasteiger partial charge in [-0.1, -0.05) is 0 Å². The van der Waals surface area contributed by atoms with Crippen molar-refractivity contribution < 1.29 is 27.2 Å². The van der Waals surface area contributed by atoms with Gasteiger partial charge in [0, 0.05) is 22.4 Å². The molecule has 0 aromatic heterocycles. The molecule has 0 aliphatic rings. The number of rotatable bonds is 0. The smallest absolute Gasteiger partial charge is 0.179 e. The van der Waals surface area contributed by atoms with E-state index in [0.717, 1.165) is 0 Å². The molecule has 0 bridgehead atoms. The Labute approximate surface area is 70.1 Å². The molecule has 59 valence electrons. The molecular weight excluding hydrogens is 301 g/mol. The van der Waals surface area contributed by atoms with E-state index >= 15 is 0 Å². The Hall–Kier alpha value is 0.917. The monoisotopic (exact) mass is 317 g/mol. The van der Waals surface area contributed by atoms with Crippen LogP contribution in [0.1, 0.15) is 0 Å². The first-order valence-electron chi connectivity index (χ1n) is 1.72. The molecule has 1 N–H and O–H groups in total. The van der Waals surface area contributed by atoms with Gasteiger partial charge in [0.2, 0.25) is 0 Å². The Kier molecular flexibility index (Phi) is 22.9. The second-order valence-corrected chi connectivity index (χ2v) is 6.51. The third-order valence-electron chi connectivity index (χ3n) is 0. The molecule has 0 fully saturated rings. The molecule has 0 saturated carbocycles. The molecule has 0 heterocycles. The molecule has 0 saturated heterocycles. The van der Waals surface area contributed by atoms with Crippen LogP contribution in [0, 0.1) is 14.9 Å². The van der Waals surface area contributed by atoms with Gasteiger partial charge >= 0.3 is 0 Å². The Morgan fingerprint density at radius 3 is 1.00 bits per heavy atom. The van der Waals surface area contributed by atoms with Crippen LogP contribution in [0.4, 0.5) is 0 Å². The molecule has 0 atom stereocenters. The van der Waals surface area contributed by atoms with Crippen molar-refractivity contribution in [3.05, 3.63) is 14.9 Å². The molecular formula is C5H16AuOSi-2. The van der Waals surface area contributed by atoms with Crippen molar-refractivity contribution in [2.75, 3.05) is 0 Å². The standard InChI is InChI=1S/C3H10OSi.2CH3.Au/c1-5(2,3)4;;;/h4H,1-3H3;2*1H3;/q;2*-1;. The second kappa shape index (κ2) is 7.92. The largest absolute Gasteiger partial charge is 0.433 e. The van der Waals surface area contributed by atoms with Gasteiger partial charge < -0.3 is 19.6 Å². The fraction of sp³-hybridized carbons (Fsp3) is 0.600. The van der Waals surface area contributed by atoms with Gasteiger partial charge in [0.1, 0.15) is 0 Å². The van der Waals surface area contributed by atoms with E-state index in [1.165, 1.54) is 0 Å². The predicted octanol–water partition coefficient (Wildman–Crippen LogP) is 1.71. The third-order valence-corrected chi connectivity index (χ3v) is 0. The van der Waals surface area contributed by atoms with E-state index < -0.39 is 8.32 Å². The van der Waals surface area contributed by atoms with Crippen LogP contribution in [0.2, 0.25) is 19.6 Å². The van der Waals surface area contributed by atoms with Gasteiger partial charge in [0.05, 0.1) is 0 Å². The maximum absolute atomic E-state index is 8.66. The molecule has 3 heteroatoms. The van der Waals surface area contributed by atoms with Crippen LogP contribution < -0.4 is 0 Å². The summed E-state index contributed by atoms with van der Waals surface area (Å²) in [6, 6.07) is 0. The summed E-state index contributed by atoms with van der Waals surface area (Å²) in [4.78, 5) is 8.66. The van der Waals surface area contributed by atoms with E-state index in [2.05, 4.69) is 0 Å². The Balaban J connectivity index is -0.0000000267. The summed E-state index contributed by atoms with van der Waals surface area (Å²) in [5.74, 6) is 0. The fourth-order valence-electron chi connectivity index (χ4n) is 0. The first kappa shape index (κ1) is 23.1.